The van der Waals surface area contributed by atoms with Gasteiger partial charge >= 0.3 is 29.8 Å². The molecule has 5 aliphatic carbocycles. The predicted molar refractivity (Wildman–Crippen MR) is 499 cm³/mol. The molecule has 3 aromatic heterocycles. The maximum atomic E-state index is 13.9. The molecule has 0 radical (unpaired) electrons. The number of fused-ring (bicyclic) bond motifs is 5. The highest BCUT2D eigenvalue weighted by atomic mass is 19.1. The van der Waals surface area contributed by atoms with Crippen LogP contribution >= 0.6 is 0 Å². The summed E-state index contributed by atoms with van der Waals surface area (Å²) in [7, 11) is 0. The molecular formula is C111H113F4N5O10. The normalized spacial score (nSPS) is 17.0. The number of nitrogens with zero attached hydrogens (tertiary/aromatic N) is 5. The van der Waals surface area contributed by atoms with E-state index in [0.29, 0.717) is 28.2 Å². The first-order chi connectivity index (χ1) is 60.5. The number of pyridine rings is 1. The van der Waals surface area contributed by atoms with E-state index in [9.17, 15) is 41.5 Å². The molecule has 0 saturated carbocycles. The summed E-state index contributed by atoms with van der Waals surface area (Å²) < 4.78 is 55.3. The van der Waals surface area contributed by atoms with Gasteiger partial charge in [-0.3, -0.25) is 9.97 Å². The Labute approximate surface area is 761 Å². The van der Waals surface area contributed by atoms with Crippen LogP contribution in [0.4, 0.5) is 17.6 Å². The molecule has 19 heteroatoms. The quantitative estimate of drug-likeness (QED) is 0.0794. The van der Waals surface area contributed by atoms with Crippen LogP contribution in [0.15, 0.2) is 152 Å². The summed E-state index contributed by atoms with van der Waals surface area (Å²) in [4.78, 5) is 77.4. The Morgan fingerprint density at radius 3 is 0.954 bits per heavy atom. The van der Waals surface area contributed by atoms with Crippen molar-refractivity contribution in [2.24, 2.45) is 0 Å². The lowest BCUT2D eigenvalue weighted by atomic mass is 9.62. The number of carboxylic acid groups (broad SMARTS) is 5. The second-order valence-electron chi connectivity index (χ2n) is 41.0. The van der Waals surface area contributed by atoms with Crippen molar-refractivity contribution in [2.75, 3.05) is 0 Å². The highest BCUT2D eigenvalue weighted by Crippen LogP contribution is 2.51. The van der Waals surface area contributed by atoms with Gasteiger partial charge < -0.3 is 25.5 Å². The van der Waals surface area contributed by atoms with Crippen LogP contribution in [0.5, 0.6) is 0 Å². The molecular weight excluding hydrogens is 1640 g/mol. The zero-order valence-electron chi connectivity index (χ0n) is 78.0. The minimum absolute atomic E-state index is 0.00131. The summed E-state index contributed by atoms with van der Waals surface area (Å²) in [6, 6.07) is 36.2. The molecule has 0 atom stereocenters. The van der Waals surface area contributed by atoms with E-state index in [4.69, 9.17) is 35.5 Å². The maximum absolute atomic E-state index is 13.9. The molecule has 0 saturated heterocycles. The maximum Gasteiger partial charge on any atom is 0.341 e. The number of rotatable bonds is 5. The van der Waals surface area contributed by atoms with E-state index in [1.54, 1.807) is 48.8 Å². The Bertz CT molecular complexity index is 6350. The van der Waals surface area contributed by atoms with Crippen molar-refractivity contribution in [2.45, 2.75) is 264 Å². The van der Waals surface area contributed by atoms with E-state index in [0.717, 1.165) is 127 Å². The van der Waals surface area contributed by atoms with E-state index < -0.39 is 58.7 Å². The number of halogens is 4. The van der Waals surface area contributed by atoms with Crippen molar-refractivity contribution in [3.63, 3.8) is 0 Å². The third-order valence-corrected chi connectivity index (χ3v) is 26.3. The third kappa shape index (κ3) is 22.5. The van der Waals surface area contributed by atoms with Crippen LogP contribution in [0.2, 0.25) is 0 Å². The highest BCUT2D eigenvalue weighted by Gasteiger charge is 2.44. The minimum atomic E-state index is -1.64. The second kappa shape index (κ2) is 37.4. The number of hydrogen-bond donors (Lipinski definition) is 5. The van der Waals surface area contributed by atoms with Crippen molar-refractivity contribution < 1.29 is 67.1 Å². The van der Waals surface area contributed by atoms with Gasteiger partial charge in [-0.15, -0.1) is 0 Å². The number of benzene rings is 7. The number of carboxylic acids is 5. The van der Waals surface area contributed by atoms with Gasteiger partial charge in [0, 0.05) is 66.8 Å². The van der Waals surface area contributed by atoms with E-state index in [-0.39, 0.29) is 82.0 Å². The predicted octanol–water partition coefficient (Wildman–Crippen LogP) is 23.5. The molecule has 0 amide bonds. The Hall–Kier alpha value is -13.3. The summed E-state index contributed by atoms with van der Waals surface area (Å²) in [6.07, 6.45) is 15.9. The smallest absolute Gasteiger partial charge is 0.341 e. The van der Waals surface area contributed by atoms with Crippen LogP contribution in [0.25, 0.3) is 0 Å². The summed E-state index contributed by atoms with van der Waals surface area (Å²) in [5, 5.41) is 44.5. The van der Waals surface area contributed by atoms with Gasteiger partial charge in [0.25, 0.3) is 0 Å². The molecule has 3 heterocycles. The monoisotopic (exact) mass is 1750 g/mol. The first-order valence-corrected chi connectivity index (χ1v) is 43.6. The molecule has 0 spiro atoms. The molecule has 0 bridgehead atoms. The van der Waals surface area contributed by atoms with E-state index in [1.807, 2.05) is 12.1 Å². The first-order valence-electron chi connectivity index (χ1n) is 43.6. The zero-order valence-corrected chi connectivity index (χ0v) is 78.0. The Morgan fingerprint density at radius 1 is 0.269 bits per heavy atom. The van der Waals surface area contributed by atoms with E-state index >= 15 is 0 Å². The summed E-state index contributed by atoms with van der Waals surface area (Å²) >= 11 is 0. The van der Waals surface area contributed by atoms with Crippen LogP contribution in [-0.4, -0.2) is 80.3 Å². The fourth-order valence-electron chi connectivity index (χ4n) is 17.1. The Kier molecular flexibility index (Phi) is 28.0. The van der Waals surface area contributed by atoms with Crippen LogP contribution in [0, 0.1) is 89.4 Å². The van der Waals surface area contributed by atoms with Gasteiger partial charge in [-0.1, -0.05) is 198 Å². The molecule has 15 nitrogen and oxygen atoms in total. The SMILES string of the molecule is CC1(C)CCC(C)(C)c2cc(C#Cc3cc(F)c(C(=O)O)c(F)c3)ccc21.CC1(C)CCC(C)(C)c2cc(C#Cc3ccc(C(=O)O)c(F)c3)ccc21.CC1(C)CCC(C)(C)c2nc(C#Cc3ccc(C(=O)O)cc3)cnc21.CC1(C)CCC(C)(C)c2nc(C#Cc3ccc(C(=O)O)cn3)cnc21.Cc1cc2c(cc1C#Cc1ccc(C(=O)O)c(F)c1)C(C)(C)CCC2(C)C. The van der Waals surface area contributed by atoms with Crippen molar-refractivity contribution in [1.29, 1.82) is 0 Å². The van der Waals surface area contributed by atoms with Crippen molar-refractivity contribution in [3.05, 3.63) is 321 Å². The topological polar surface area (TPSA) is 251 Å². The molecule has 5 aliphatic rings. The highest BCUT2D eigenvalue weighted by molar-refractivity contribution is 5.90. The molecule has 0 fully saturated rings. The first kappa shape index (κ1) is 97.3. The minimum Gasteiger partial charge on any atom is -0.478 e. The number of carbonyl (C=O) groups is 5. The molecule has 10 aromatic rings. The summed E-state index contributed by atoms with van der Waals surface area (Å²) in [5.74, 6) is 20.0. The number of aromatic carboxylic acids is 5. The van der Waals surface area contributed by atoms with Gasteiger partial charge in [0.15, 0.2) is 0 Å². The zero-order chi connectivity index (χ0) is 95.6. The van der Waals surface area contributed by atoms with Gasteiger partial charge in [-0.05, 0) is 276 Å². The summed E-state index contributed by atoms with van der Waals surface area (Å²) in [5.41, 5.74) is 18.9. The molecule has 15 rings (SSSR count). The number of aromatic nitrogens is 5. The molecule has 7 aromatic carbocycles. The van der Waals surface area contributed by atoms with E-state index in [2.05, 4.69) is 256 Å². The van der Waals surface area contributed by atoms with Gasteiger partial charge in [0.2, 0.25) is 0 Å². The average molecular weight is 1750 g/mol. The third-order valence-electron chi connectivity index (χ3n) is 26.3. The molecule has 0 aliphatic heterocycles. The number of hydrogen-bond acceptors (Lipinski definition) is 10. The van der Waals surface area contributed by atoms with Crippen molar-refractivity contribution in [3.8, 4) is 59.2 Å². The van der Waals surface area contributed by atoms with E-state index in [1.165, 1.54) is 76.0 Å². The van der Waals surface area contributed by atoms with Crippen LogP contribution < -0.4 is 0 Å². The fourth-order valence-corrected chi connectivity index (χ4v) is 17.1. The van der Waals surface area contributed by atoms with Gasteiger partial charge in [0.1, 0.15) is 45.9 Å². The molecule has 670 valence electrons. The number of aryl methyl sites for hydroxylation is 1. The summed E-state index contributed by atoms with van der Waals surface area (Å²) in [6.45, 7) is 46.8. The van der Waals surface area contributed by atoms with Crippen molar-refractivity contribution >= 4 is 29.8 Å². The van der Waals surface area contributed by atoms with Crippen molar-refractivity contribution in [1.82, 2.24) is 24.9 Å². The van der Waals surface area contributed by atoms with Gasteiger partial charge in [-0.2, -0.15) is 0 Å². The lowest BCUT2D eigenvalue weighted by Gasteiger charge is -2.42. The standard InChI is InChI=1S/C24H25FO2.C23H22F2O2.C23H23FO2.C21H22N2O2.C20H21N3O2/c1-15-12-19-20(24(4,5)11-10-23(19,2)3)14-17(15)8-6-16-7-9-18(22(26)27)21(25)13-16;1-22(2)9-10-23(3,4)17-11-14(7-8-16(17)22)5-6-15-12-18(24)20(21(26)27)19(25)13-15;1-22(2)11-12-23(3,4)19-13-15(8-10-18(19)22)5-6-16-7-9-17(21(25)26)20(24)14-16;1-20(2)11-12-21(3,4)18-17(20)22-13-16(23-18)10-7-14-5-8-15(9-6-14)19(24)25;1-19(2)9-10-20(3,4)17-16(19)22-12-15(23-17)8-7-14-6-5-13(11-21-14)18(24)25/h7,9,12-14H,10-11H2,1-5H3,(H,26,27);7-8,11-13H,9-10H2,1-4H3,(H,26,27);7-10,13-14H,11-12H2,1-4H3,(H,25,26);5-6,8-9,13H,11-12H2,1-4H3,(H,24,25);5-6,11-12H,9-10H2,1-4H3,(H,24,25). The van der Waals surface area contributed by atoms with Gasteiger partial charge in [-0.25, -0.2) is 56.5 Å². The van der Waals surface area contributed by atoms with Crippen LogP contribution in [-0.2, 0) is 54.1 Å². The van der Waals surface area contributed by atoms with Crippen LogP contribution in [0.3, 0.4) is 0 Å². The Balaban J connectivity index is 0.000000157. The molecule has 130 heavy (non-hydrogen) atoms. The second-order valence-corrected chi connectivity index (χ2v) is 41.0. The molecule has 5 N–H and O–H groups in total. The van der Waals surface area contributed by atoms with Gasteiger partial charge in [0.05, 0.1) is 57.4 Å². The molecule has 0 unspecified atom stereocenters. The lowest BCUT2D eigenvalue weighted by Crippen LogP contribution is -2.36. The Morgan fingerprint density at radius 2 is 0.577 bits per heavy atom. The van der Waals surface area contributed by atoms with Crippen LogP contribution in [0.1, 0.15) is 372 Å². The average Bonchev–Trinajstić information content (AvgIpc) is 0.775. The lowest BCUT2D eigenvalue weighted by molar-refractivity contribution is 0.0676. The largest absolute Gasteiger partial charge is 0.478 e. The fraction of sp³-hybridized carbons (Fsp3) is 0.369.